The van der Waals surface area contributed by atoms with Gasteiger partial charge in [-0.2, -0.15) is 0 Å². The van der Waals surface area contributed by atoms with Crippen LogP contribution in [0.2, 0.25) is 0 Å². The van der Waals surface area contributed by atoms with E-state index in [9.17, 15) is 9.59 Å². The Bertz CT molecular complexity index is 493. The Balaban J connectivity index is 1.90. The highest BCUT2D eigenvalue weighted by molar-refractivity contribution is 6.39. The Morgan fingerprint density at radius 3 is 2.79 bits per heavy atom. The number of anilines is 1. The van der Waals surface area contributed by atoms with Crippen molar-refractivity contribution in [3.05, 3.63) is 18.2 Å². The summed E-state index contributed by atoms with van der Waals surface area (Å²) in [5, 5.41) is 4.94. The first-order valence-corrected chi connectivity index (χ1v) is 6.29. The summed E-state index contributed by atoms with van der Waals surface area (Å²) in [7, 11) is 0. The molecule has 6 nitrogen and oxygen atoms in total. The van der Waals surface area contributed by atoms with Crippen LogP contribution in [0.1, 0.15) is 6.42 Å². The lowest BCUT2D eigenvalue weighted by molar-refractivity contribution is -0.136. The van der Waals surface area contributed by atoms with Crippen LogP contribution in [0.15, 0.2) is 18.2 Å². The summed E-state index contributed by atoms with van der Waals surface area (Å²) in [6.45, 7) is 0.530. The van der Waals surface area contributed by atoms with E-state index in [0.717, 1.165) is 0 Å². The molecule has 0 bridgehead atoms. The van der Waals surface area contributed by atoms with Gasteiger partial charge in [-0.05, 0) is 18.6 Å². The van der Waals surface area contributed by atoms with E-state index in [2.05, 4.69) is 10.6 Å². The lowest BCUT2D eigenvalue weighted by Crippen LogP contribution is -2.36. The Morgan fingerprint density at radius 2 is 2.00 bits per heavy atom. The van der Waals surface area contributed by atoms with Gasteiger partial charge in [0.1, 0.15) is 0 Å². The van der Waals surface area contributed by atoms with Crippen LogP contribution in [-0.2, 0) is 9.59 Å². The lowest BCUT2D eigenvalue weighted by atomic mass is 10.2. The molecule has 0 radical (unpaired) electrons. The van der Waals surface area contributed by atoms with Crippen molar-refractivity contribution < 1.29 is 19.1 Å². The fourth-order valence-corrected chi connectivity index (χ4v) is 1.64. The van der Waals surface area contributed by atoms with Crippen LogP contribution in [0.3, 0.4) is 0 Å². The maximum atomic E-state index is 11.6. The molecule has 19 heavy (non-hydrogen) atoms. The number of ether oxygens (including phenoxy) is 2. The fourth-order valence-electron chi connectivity index (χ4n) is 1.51. The summed E-state index contributed by atoms with van der Waals surface area (Å²) >= 11 is 5.47. The Hall–Kier alpha value is -1.95. The molecule has 1 aliphatic rings. The number of hydrogen-bond donors (Lipinski definition) is 2. The third-order valence-corrected chi connectivity index (χ3v) is 2.70. The van der Waals surface area contributed by atoms with E-state index in [-0.39, 0.29) is 6.79 Å². The molecule has 2 N–H and O–H groups in total. The number of benzene rings is 1. The van der Waals surface area contributed by atoms with Crippen molar-refractivity contribution in [3.63, 3.8) is 0 Å². The van der Waals surface area contributed by atoms with Crippen LogP contribution in [0.4, 0.5) is 5.69 Å². The molecule has 2 amide bonds. The second-order valence-electron chi connectivity index (χ2n) is 3.82. The highest BCUT2D eigenvalue weighted by atomic mass is 35.5. The standard InChI is InChI=1S/C12H13ClN2O4/c13-4-1-5-14-11(16)12(17)15-8-2-3-9-10(6-8)19-7-18-9/h2-3,6H,1,4-5,7H2,(H,14,16)(H,15,17). The zero-order valence-electron chi connectivity index (χ0n) is 10.1. The lowest BCUT2D eigenvalue weighted by Gasteiger charge is -2.06. The normalized spacial score (nSPS) is 12.1. The maximum absolute atomic E-state index is 11.6. The largest absolute Gasteiger partial charge is 0.454 e. The number of nitrogens with one attached hydrogen (secondary N) is 2. The molecule has 0 fully saturated rings. The summed E-state index contributed by atoms with van der Waals surface area (Å²) < 4.78 is 10.3. The SMILES string of the molecule is O=C(NCCCCl)C(=O)Nc1ccc2c(c1)OCO2. The molecule has 1 aliphatic heterocycles. The average molecular weight is 285 g/mol. The number of carbonyl (C=O) groups excluding carboxylic acids is 2. The van der Waals surface area contributed by atoms with Crippen molar-refractivity contribution in [1.29, 1.82) is 0 Å². The maximum Gasteiger partial charge on any atom is 0.313 e. The van der Waals surface area contributed by atoms with Crippen LogP contribution < -0.4 is 20.1 Å². The molecule has 0 unspecified atom stereocenters. The first-order chi connectivity index (χ1) is 9.20. The van der Waals surface area contributed by atoms with E-state index in [1.807, 2.05) is 0 Å². The molecule has 0 aromatic heterocycles. The van der Waals surface area contributed by atoms with Crippen molar-refractivity contribution in [2.24, 2.45) is 0 Å². The molecule has 102 valence electrons. The number of alkyl halides is 1. The molecule has 7 heteroatoms. The molecule has 2 rings (SSSR count). The van der Waals surface area contributed by atoms with Crippen molar-refractivity contribution in [2.45, 2.75) is 6.42 Å². The zero-order chi connectivity index (χ0) is 13.7. The van der Waals surface area contributed by atoms with Gasteiger partial charge in [0.05, 0.1) is 0 Å². The molecule has 1 heterocycles. The highest BCUT2D eigenvalue weighted by Gasteiger charge is 2.16. The first-order valence-electron chi connectivity index (χ1n) is 5.75. The van der Waals surface area contributed by atoms with Gasteiger partial charge in [0, 0.05) is 24.2 Å². The minimum Gasteiger partial charge on any atom is -0.454 e. The van der Waals surface area contributed by atoms with E-state index in [1.165, 1.54) is 0 Å². The minimum atomic E-state index is -0.728. The summed E-state index contributed by atoms with van der Waals surface area (Å²) in [5.41, 5.74) is 0.474. The van der Waals surface area contributed by atoms with Gasteiger partial charge in [0.2, 0.25) is 6.79 Å². The number of rotatable bonds is 4. The van der Waals surface area contributed by atoms with Gasteiger partial charge in [-0.1, -0.05) is 0 Å². The predicted molar refractivity (Wildman–Crippen MR) is 69.5 cm³/mol. The molecular formula is C12H13ClN2O4. The monoisotopic (exact) mass is 284 g/mol. The van der Waals surface area contributed by atoms with E-state index in [0.29, 0.717) is 36.0 Å². The van der Waals surface area contributed by atoms with Crippen molar-refractivity contribution in [1.82, 2.24) is 5.32 Å². The second-order valence-corrected chi connectivity index (χ2v) is 4.20. The third kappa shape index (κ3) is 3.51. The summed E-state index contributed by atoms with van der Waals surface area (Å²) in [6, 6.07) is 4.91. The van der Waals surface area contributed by atoms with Gasteiger partial charge in [-0.25, -0.2) is 0 Å². The Morgan fingerprint density at radius 1 is 1.21 bits per heavy atom. The molecular weight excluding hydrogens is 272 g/mol. The molecule has 0 spiro atoms. The minimum absolute atomic E-state index is 0.158. The van der Waals surface area contributed by atoms with Gasteiger partial charge in [0.15, 0.2) is 11.5 Å². The molecule has 0 saturated carbocycles. The average Bonchev–Trinajstić information content (AvgIpc) is 2.86. The summed E-state index contributed by atoms with van der Waals surface area (Å²) in [6.07, 6.45) is 0.616. The van der Waals surface area contributed by atoms with E-state index < -0.39 is 11.8 Å². The molecule has 0 aliphatic carbocycles. The number of halogens is 1. The van der Waals surface area contributed by atoms with Crippen LogP contribution in [0.25, 0.3) is 0 Å². The van der Waals surface area contributed by atoms with Gasteiger partial charge < -0.3 is 20.1 Å². The number of fused-ring (bicyclic) bond motifs is 1. The van der Waals surface area contributed by atoms with Gasteiger partial charge >= 0.3 is 11.8 Å². The Labute approximate surface area is 115 Å². The summed E-state index contributed by atoms with van der Waals surface area (Å²) in [4.78, 5) is 23.0. The van der Waals surface area contributed by atoms with Crippen LogP contribution in [-0.4, -0.2) is 31.0 Å². The third-order valence-electron chi connectivity index (χ3n) is 2.43. The van der Waals surface area contributed by atoms with Crippen molar-refractivity contribution >= 4 is 29.1 Å². The van der Waals surface area contributed by atoms with Gasteiger partial charge in [0.25, 0.3) is 0 Å². The molecule has 0 saturated heterocycles. The van der Waals surface area contributed by atoms with E-state index >= 15 is 0 Å². The highest BCUT2D eigenvalue weighted by Crippen LogP contribution is 2.34. The quantitative estimate of drug-likeness (QED) is 0.493. The Kier molecular flexibility index (Phi) is 4.46. The number of hydrogen-bond acceptors (Lipinski definition) is 4. The van der Waals surface area contributed by atoms with Gasteiger partial charge in [-0.3, -0.25) is 9.59 Å². The second kappa shape index (κ2) is 6.29. The molecule has 0 atom stereocenters. The zero-order valence-corrected chi connectivity index (χ0v) is 10.8. The topological polar surface area (TPSA) is 76.7 Å². The number of carbonyl (C=O) groups is 2. The first kappa shape index (κ1) is 13.5. The van der Waals surface area contributed by atoms with Crippen LogP contribution >= 0.6 is 11.6 Å². The van der Waals surface area contributed by atoms with Gasteiger partial charge in [-0.15, -0.1) is 11.6 Å². The van der Waals surface area contributed by atoms with Crippen LogP contribution in [0.5, 0.6) is 11.5 Å². The molecule has 1 aromatic carbocycles. The smallest absolute Gasteiger partial charge is 0.313 e. The van der Waals surface area contributed by atoms with Crippen molar-refractivity contribution in [2.75, 3.05) is 24.5 Å². The summed E-state index contributed by atoms with van der Waals surface area (Å²) in [5.74, 6) is 0.172. The number of amides is 2. The fraction of sp³-hybridized carbons (Fsp3) is 0.333. The predicted octanol–water partition coefficient (Wildman–Crippen LogP) is 1.10. The van der Waals surface area contributed by atoms with Crippen molar-refractivity contribution in [3.8, 4) is 11.5 Å². The molecule has 1 aromatic rings. The van der Waals surface area contributed by atoms with Crippen LogP contribution in [0, 0.1) is 0 Å². The van der Waals surface area contributed by atoms with E-state index in [1.54, 1.807) is 18.2 Å². The van der Waals surface area contributed by atoms with E-state index in [4.69, 9.17) is 21.1 Å².